The molecule has 0 aromatic rings. The Kier molecular flexibility index (Phi) is 24.7. The zero-order valence-corrected chi connectivity index (χ0v) is 42.6. The Morgan fingerprint density at radius 3 is 1.38 bits per heavy atom. The minimum absolute atomic E-state index is 0.127. The zero-order chi connectivity index (χ0) is 45.6. The molecule has 9 aliphatic rings. The molecule has 7 unspecified atom stereocenters. The molecule has 8 aliphatic carbocycles. The van der Waals surface area contributed by atoms with Gasteiger partial charge >= 0.3 is 0 Å². The van der Waals surface area contributed by atoms with Crippen molar-refractivity contribution in [2.45, 2.75) is 282 Å². The van der Waals surface area contributed by atoms with E-state index in [2.05, 4.69) is 31.3 Å². The maximum absolute atomic E-state index is 13.5. The van der Waals surface area contributed by atoms with Gasteiger partial charge in [-0.25, -0.2) is 13.2 Å². The van der Waals surface area contributed by atoms with Crippen LogP contribution in [0, 0.1) is 65.1 Å². The first-order valence-electron chi connectivity index (χ1n) is 29.4. The molecule has 2 nitrogen and oxygen atoms in total. The highest BCUT2D eigenvalue weighted by atomic mass is 19.1. The summed E-state index contributed by atoms with van der Waals surface area (Å²) in [5.74, 6) is 9.23. The van der Waals surface area contributed by atoms with E-state index in [1.165, 1.54) is 180 Å². The molecule has 0 radical (unpaired) electrons. The van der Waals surface area contributed by atoms with E-state index in [1.807, 2.05) is 6.08 Å². The number of aliphatic hydroxyl groups is 1. The Balaban J connectivity index is 0.000000146. The number of aliphatic hydroxyl groups excluding tert-OH is 1. The zero-order valence-electron chi connectivity index (χ0n) is 42.6. The van der Waals surface area contributed by atoms with Crippen molar-refractivity contribution in [2.75, 3.05) is 6.54 Å². The Morgan fingerprint density at radius 2 is 0.923 bits per heavy atom. The number of hydrogen-bond donors (Lipinski definition) is 2. The fourth-order valence-corrected chi connectivity index (χ4v) is 15.3. The number of alkyl halides is 2. The fraction of sp³-hybridized carbons (Fsp3) is 0.933. The first-order chi connectivity index (χ1) is 31.7. The minimum atomic E-state index is -0.597. The van der Waals surface area contributed by atoms with Crippen LogP contribution in [0.3, 0.4) is 0 Å². The molecule has 0 spiro atoms. The van der Waals surface area contributed by atoms with Crippen molar-refractivity contribution in [1.82, 2.24) is 5.32 Å². The minimum Gasteiger partial charge on any atom is -0.393 e. The molecule has 65 heavy (non-hydrogen) atoms. The molecule has 376 valence electrons. The van der Waals surface area contributed by atoms with Crippen molar-refractivity contribution in [2.24, 2.45) is 65.1 Å². The quantitative estimate of drug-likeness (QED) is 0.214. The predicted molar refractivity (Wildman–Crippen MR) is 271 cm³/mol. The van der Waals surface area contributed by atoms with Gasteiger partial charge < -0.3 is 10.4 Å². The molecule has 6 saturated carbocycles. The smallest absolute Gasteiger partial charge is 0.100 e. The summed E-state index contributed by atoms with van der Waals surface area (Å²) >= 11 is 0. The molecular formula is C60H104F3NO. The third-order valence-electron chi connectivity index (χ3n) is 19.8. The molecule has 7 fully saturated rings. The number of piperidine rings is 1. The van der Waals surface area contributed by atoms with E-state index in [-0.39, 0.29) is 11.9 Å². The third-order valence-corrected chi connectivity index (χ3v) is 19.8. The molecule has 7 atom stereocenters. The normalized spacial score (nSPS) is 34.4. The molecule has 0 aromatic carbocycles. The summed E-state index contributed by atoms with van der Waals surface area (Å²) in [5.41, 5.74) is 0. The number of allylic oxidation sites excluding steroid dienone is 4. The van der Waals surface area contributed by atoms with Gasteiger partial charge in [-0.3, -0.25) is 0 Å². The molecule has 9 rings (SSSR count). The van der Waals surface area contributed by atoms with Crippen molar-refractivity contribution >= 4 is 0 Å². The summed E-state index contributed by atoms with van der Waals surface area (Å²) < 4.78 is 39.4. The van der Waals surface area contributed by atoms with Gasteiger partial charge in [0.05, 0.1) is 11.9 Å². The molecule has 1 saturated heterocycles. The van der Waals surface area contributed by atoms with Crippen LogP contribution in [-0.2, 0) is 0 Å². The van der Waals surface area contributed by atoms with Crippen LogP contribution in [0.1, 0.15) is 258 Å². The first-order valence-corrected chi connectivity index (χ1v) is 29.4. The van der Waals surface area contributed by atoms with Gasteiger partial charge in [-0.05, 0) is 194 Å². The van der Waals surface area contributed by atoms with E-state index in [1.54, 1.807) is 0 Å². The van der Waals surface area contributed by atoms with E-state index >= 15 is 0 Å². The van der Waals surface area contributed by atoms with E-state index in [0.717, 1.165) is 111 Å². The lowest BCUT2D eigenvalue weighted by Gasteiger charge is -2.41. The van der Waals surface area contributed by atoms with Crippen molar-refractivity contribution < 1.29 is 18.3 Å². The van der Waals surface area contributed by atoms with Gasteiger partial charge in [0.1, 0.15) is 12.3 Å². The van der Waals surface area contributed by atoms with Gasteiger partial charge in [0.25, 0.3) is 0 Å². The molecule has 1 heterocycles. The maximum atomic E-state index is 13.5. The summed E-state index contributed by atoms with van der Waals surface area (Å²) in [5, 5.41) is 14.0. The standard InChI is InChI=1S/C19H34FN.C14H23F.C14H24.C13H23FO/c20-17-11-9-16(10-12-17)19(15-6-2-1-3-7-15)14-18-8-4-5-13-21-18;1-11(12-5-3-2-4-6-12)13-7-9-14(15)10-8-13;1-12(13-8-4-2-5-9-13)14-10-6-3-7-11-14;14-12-8-6-11(7-9-12)13(15)10-4-2-1-3-5-10/h15-19,21H,1-14H2;9,11-13H,2-8,10H2,1H3;2,4,12-14H,3,5-11H2,1H3;10-13,15H,1-9H2. The van der Waals surface area contributed by atoms with Gasteiger partial charge in [-0.1, -0.05) is 154 Å². The van der Waals surface area contributed by atoms with Gasteiger partial charge in [-0.2, -0.15) is 0 Å². The Labute approximate surface area is 400 Å². The average Bonchev–Trinajstić information content (AvgIpc) is 3.38. The Morgan fingerprint density at radius 1 is 0.477 bits per heavy atom. The first kappa shape index (κ1) is 53.5. The van der Waals surface area contributed by atoms with Gasteiger partial charge in [-0.15, -0.1) is 0 Å². The number of nitrogens with one attached hydrogen (secondary N) is 1. The highest BCUT2D eigenvalue weighted by Crippen LogP contribution is 2.44. The van der Waals surface area contributed by atoms with Crippen LogP contribution in [0.25, 0.3) is 0 Å². The molecular weight excluding hydrogens is 808 g/mol. The molecule has 0 aromatic heterocycles. The van der Waals surface area contributed by atoms with Crippen LogP contribution in [0.15, 0.2) is 24.1 Å². The van der Waals surface area contributed by atoms with E-state index < -0.39 is 12.3 Å². The van der Waals surface area contributed by atoms with Crippen LogP contribution in [0.5, 0.6) is 0 Å². The predicted octanol–water partition coefficient (Wildman–Crippen LogP) is 18.1. The van der Waals surface area contributed by atoms with E-state index in [0.29, 0.717) is 31.1 Å². The van der Waals surface area contributed by atoms with E-state index in [4.69, 9.17) is 0 Å². The van der Waals surface area contributed by atoms with Crippen LogP contribution in [0.2, 0.25) is 0 Å². The maximum Gasteiger partial charge on any atom is 0.100 e. The monoisotopic (exact) mass is 912 g/mol. The second kappa shape index (κ2) is 30.0. The lowest BCUT2D eigenvalue weighted by molar-refractivity contribution is 0.00922. The van der Waals surface area contributed by atoms with Gasteiger partial charge in [0, 0.05) is 6.04 Å². The second-order valence-electron chi connectivity index (χ2n) is 24.1. The van der Waals surface area contributed by atoms with Crippen molar-refractivity contribution in [1.29, 1.82) is 0 Å². The summed E-state index contributed by atoms with van der Waals surface area (Å²) in [6, 6.07) is 0.758. The molecule has 1 aliphatic heterocycles. The van der Waals surface area contributed by atoms with Crippen molar-refractivity contribution in [3.63, 3.8) is 0 Å². The lowest BCUT2D eigenvalue weighted by Crippen LogP contribution is -2.39. The molecule has 0 bridgehead atoms. The highest BCUT2D eigenvalue weighted by molar-refractivity contribution is 4.99. The topological polar surface area (TPSA) is 32.3 Å². The van der Waals surface area contributed by atoms with Crippen molar-refractivity contribution in [3.05, 3.63) is 24.1 Å². The van der Waals surface area contributed by atoms with Gasteiger partial charge in [0.2, 0.25) is 0 Å². The van der Waals surface area contributed by atoms with Crippen LogP contribution in [0.4, 0.5) is 13.2 Å². The Bertz CT molecular complexity index is 1270. The SMILES string of the molecule is CC(C1CC=C(F)CC1)C1CCCCC1.CC(C1CC=CCC1)C1CCCCC1.FC1CCC(C(CC2CCCCN2)C2CCCCC2)CC1.OC(C1CCCCC1)C1CCC(F)CC1. The second-order valence-corrected chi connectivity index (χ2v) is 24.1. The summed E-state index contributed by atoms with van der Waals surface area (Å²) in [6.45, 7) is 6.14. The largest absolute Gasteiger partial charge is 0.393 e. The summed E-state index contributed by atoms with van der Waals surface area (Å²) in [6.07, 6.45) is 53.1. The third kappa shape index (κ3) is 18.5. The van der Waals surface area contributed by atoms with Crippen LogP contribution in [-0.4, -0.2) is 36.1 Å². The van der Waals surface area contributed by atoms with Gasteiger partial charge in [0.15, 0.2) is 0 Å². The Hall–Kier alpha value is -0.810. The number of hydrogen-bond acceptors (Lipinski definition) is 2. The van der Waals surface area contributed by atoms with E-state index in [9.17, 15) is 18.3 Å². The average molecular weight is 912 g/mol. The van der Waals surface area contributed by atoms with Crippen molar-refractivity contribution in [3.8, 4) is 0 Å². The van der Waals surface area contributed by atoms with Crippen LogP contribution >= 0.6 is 0 Å². The number of rotatable bonds is 10. The molecule has 0 amide bonds. The summed E-state index contributed by atoms with van der Waals surface area (Å²) in [4.78, 5) is 0. The fourth-order valence-electron chi connectivity index (χ4n) is 15.3. The number of halogens is 3. The van der Waals surface area contributed by atoms with Crippen LogP contribution < -0.4 is 5.32 Å². The lowest BCUT2D eigenvalue weighted by atomic mass is 9.67. The highest BCUT2D eigenvalue weighted by Gasteiger charge is 2.36. The molecule has 2 N–H and O–H groups in total. The molecule has 5 heteroatoms. The summed E-state index contributed by atoms with van der Waals surface area (Å²) in [7, 11) is 0.